The molecule has 3 nitrogen and oxygen atoms in total. The summed E-state index contributed by atoms with van der Waals surface area (Å²) in [5.41, 5.74) is 2.04. The summed E-state index contributed by atoms with van der Waals surface area (Å²) in [4.78, 5) is 11.2. The summed E-state index contributed by atoms with van der Waals surface area (Å²) in [6.45, 7) is 4.23. The van der Waals surface area contributed by atoms with Crippen molar-refractivity contribution < 1.29 is 4.79 Å². The Hall–Kier alpha value is -1.61. The normalized spacial score (nSPS) is 10.9. The van der Waals surface area contributed by atoms with Gasteiger partial charge in [-0.2, -0.15) is 5.10 Å². The zero-order valence-electron chi connectivity index (χ0n) is 11.1. The summed E-state index contributed by atoms with van der Waals surface area (Å²) >= 11 is 6.18. The molecule has 1 aromatic heterocycles. The lowest BCUT2D eigenvalue weighted by Gasteiger charge is -2.12. The smallest absolute Gasteiger partial charge is 0.153 e. The monoisotopic (exact) mass is 276 g/mol. The number of carbonyl (C=O) groups excluding carboxylic acids is 1. The molecule has 0 N–H and O–H groups in total. The maximum absolute atomic E-state index is 11.2. The number of nitrogens with zero attached hydrogens (tertiary/aromatic N) is 2. The summed E-state index contributed by atoms with van der Waals surface area (Å²) in [7, 11) is 0. The first-order chi connectivity index (χ1) is 9.21. The molecule has 100 valence electrons. The van der Waals surface area contributed by atoms with Crippen LogP contribution in [-0.2, 0) is 0 Å². The van der Waals surface area contributed by atoms with Gasteiger partial charge in [-0.25, -0.2) is 0 Å². The zero-order chi connectivity index (χ0) is 13.8. The van der Waals surface area contributed by atoms with Crippen molar-refractivity contribution in [3.63, 3.8) is 0 Å². The SMILES string of the molecule is CCC(CC)n1cc(C=O)c(-c2ccccc2Cl)n1. The van der Waals surface area contributed by atoms with Crippen LogP contribution >= 0.6 is 11.6 Å². The molecule has 2 rings (SSSR count). The minimum absolute atomic E-state index is 0.315. The lowest BCUT2D eigenvalue weighted by atomic mass is 10.1. The minimum atomic E-state index is 0.315. The number of rotatable bonds is 5. The minimum Gasteiger partial charge on any atom is -0.298 e. The van der Waals surface area contributed by atoms with Gasteiger partial charge in [0.2, 0.25) is 0 Å². The van der Waals surface area contributed by atoms with Gasteiger partial charge in [-0.05, 0) is 18.9 Å². The van der Waals surface area contributed by atoms with E-state index in [1.165, 1.54) is 0 Å². The van der Waals surface area contributed by atoms with Gasteiger partial charge in [0.05, 0.1) is 16.6 Å². The predicted octanol–water partition coefficient (Wildman–Crippen LogP) is 4.38. The molecule has 0 atom stereocenters. The Morgan fingerprint density at radius 3 is 2.58 bits per heavy atom. The number of hydrogen-bond acceptors (Lipinski definition) is 2. The summed E-state index contributed by atoms with van der Waals surface area (Å²) in [6, 6.07) is 7.77. The average Bonchev–Trinajstić information content (AvgIpc) is 2.84. The first kappa shape index (κ1) is 13.8. The van der Waals surface area contributed by atoms with Crippen LogP contribution in [0.5, 0.6) is 0 Å². The largest absolute Gasteiger partial charge is 0.298 e. The lowest BCUT2D eigenvalue weighted by molar-refractivity contribution is 0.112. The second-order valence-electron chi connectivity index (χ2n) is 4.48. The molecular formula is C15H17ClN2O. The Labute approximate surface area is 118 Å². The van der Waals surface area contributed by atoms with E-state index in [0.717, 1.165) is 24.7 Å². The molecule has 0 fully saturated rings. The number of halogens is 1. The average molecular weight is 277 g/mol. The molecule has 0 amide bonds. The number of benzene rings is 1. The molecule has 19 heavy (non-hydrogen) atoms. The van der Waals surface area contributed by atoms with Crippen LogP contribution in [0, 0.1) is 0 Å². The lowest BCUT2D eigenvalue weighted by Crippen LogP contribution is -2.07. The van der Waals surface area contributed by atoms with Crippen LogP contribution in [0.2, 0.25) is 5.02 Å². The van der Waals surface area contributed by atoms with E-state index >= 15 is 0 Å². The Bertz CT molecular complexity index is 573. The van der Waals surface area contributed by atoms with Gasteiger partial charge in [0, 0.05) is 11.8 Å². The highest BCUT2D eigenvalue weighted by Gasteiger charge is 2.16. The van der Waals surface area contributed by atoms with Gasteiger partial charge in [-0.15, -0.1) is 0 Å². The molecule has 1 aromatic carbocycles. The molecule has 0 aliphatic rings. The highest BCUT2D eigenvalue weighted by Crippen LogP contribution is 2.29. The first-order valence-electron chi connectivity index (χ1n) is 6.50. The van der Waals surface area contributed by atoms with E-state index in [0.29, 0.717) is 22.3 Å². The molecule has 0 unspecified atom stereocenters. The summed E-state index contributed by atoms with van der Waals surface area (Å²) in [5.74, 6) is 0. The number of carbonyl (C=O) groups is 1. The molecule has 4 heteroatoms. The van der Waals surface area contributed by atoms with Crippen molar-refractivity contribution in [2.24, 2.45) is 0 Å². The van der Waals surface area contributed by atoms with Gasteiger partial charge < -0.3 is 0 Å². The fraction of sp³-hybridized carbons (Fsp3) is 0.333. The van der Waals surface area contributed by atoms with Gasteiger partial charge in [0.1, 0.15) is 5.69 Å². The Kier molecular flexibility index (Phi) is 4.38. The highest BCUT2D eigenvalue weighted by atomic mass is 35.5. The molecule has 2 aromatic rings. The molecule has 0 saturated carbocycles. The fourth-order valence-electron chi connectivity index (χ4n) is 2.20. The van der Waals surface area contributed by atoms with Crippen LogP contribution in [0.1, 0.15) is 43.1 Å². The van der Waals surface area contributed by atoms with E-state index in [2.05, 4.69) is 18.9 Å². The van der Waals surface area contributed by atoms with Gasteiger partial charge in [0.15, 0.2) is 6.29 Å². The number of aromatic nitrogens is 2. The first-order valence-corrected chi connectivity index (χ1v) is 6.88. The molecule has 0 aliphatic carbocycles. The van der Waals surface area contributed by atoms with Crippen molar-refractivity contribution in [1.29, 1.82) is 0 Å². The third kappa shape index (κ3) is 2.71. The molecule has 0 aliphatic heterocycles. The van der Waals surface area contributed by atoms with E-state index in [9.17, 15) is 4.79 Å². The van der Waals surface area contributed by atoms with Crippen molar-refractivity contribution in [2.45, 2.75) is 32.7 Å². The second-order valence-corrected chi connectivity index (χ2v) is 4.89. The van der Waals surface area contributed by atoms with Gasteiger partial charge in [-0.3, -0.25) is 9.48 Å². The molecule has 0 spiro atoms. The second kappa shape index (κ2) is 6.02. The van der Waals surface area contributed by atoms with Crippen LogP contribution in [0.3, 0.4) is 0 Å². The number of aldehydes is 1. The van der Waals surface area contributed by atoms with Crippen LogP contribution in [-0.4, -0.2) is 16.1 Å². The Morgan fingerprint density at radius 1 is 1.32 bits per heavy atom. The predicted molar refractivity (Wildman–Crippen MR) is 77.7 cm³/mol. The van der Waals surface area contributed by atoms with Crippen LogP contribution in [0.25, 0.3) is 11.3 Å². The van der Waals surface area contributed by atoms with Gasteiger partial charge in [0.25, 0.3) is 0 Å². The summed E-state index contributed by atoms with van der Waals surface area (Å²) in [6.07, 6.45) is 4.62. The Balaban J connectivity index is 2.52. The third-order valence-electron chi connectivity index (χ3n) is 3.33. The third-order valence-corrected chi connectivity index (χ3v) is 3.66. The van der Waals surface area contributed by atoms with E-state index in [-0.39, 0.29) is 0 Å². The number of hydrogen-bond donors (Lipinski definition) is 0. The van der Waals surface area contributed by atoms with E-state index in [1.54, 1.807) is 0 Å². The molecule has 0 bridgehead atoms. The van der Waals surface area contributed by atoms with E-state index in [1.807, 2.05) is 35.1 Å². The van der Waals surface area contributed by atoms with Crippen molar-refractivity contribution in [2.75, 3.05) is 0 Å². The van der Waals surface area contributed by atoms with Crippen molar-refractivity contribution >= 4 is 17.9 Å². The molecular weight excluding hydrogens is 260 g/mol. The van der Waals surface area contributed by atoms with Crippen molar-refractivity contribution in [1.82, 2.24) is 9.78 Å². The zero-order valence-corrected chi connectivity index (χ0v) is 11.9. The Morgan fingerprint density at radius 2 is 2.00 bits per heavy atom. The van der Waals surface area contributed by atoms with Gasteiger partial charge in [-0.1, -0.05) is 43.6 Å². The standard InChI is InChI=1S/C15H17ClN2O/c1-3-12(4-2)18-9-11(10-19)15(17-18)13-7-5-6-8-14(13)16/h5-10,12H,3-4H2,1-2H3. The maximum Gasteiger partial charge on any atom is 0.153 e. The topological polar surface area (TPSA) is 34.9 Å². The summed E-state index contributed by atoms with van der Waals surface area (Å²) < 4.78 is 1.88. The van der Waals surface area contributed by atoms with E-state index < -0.39 is 0 Å². The molecule has 0 radical (unpaired) electrons. The highest BCUT2D eigenvalue weighted by molar-refractivity contribution is 6.33. The molecule has 0 saturated heterocycles. The van der Waals surface area contributed by atoms with Gasteiger partial charge >= 0.3 is 0 Å². The van der Waals surface area contributed by atoms with Crippen LogP contribution in [0.4, 0.5) is 0 Å². The van der Waals surface area contributed by atoms with Crippen molar-refractivity contribution in [3.05, 3.63) is 41.0 Å². The van der Waals surface area contributed by atoms with Crippen molar-refractivity contribution in [3.8, 4) is 11.3 Å². The van der Waals surface area contributed by atoms with Crippen LogP contribution < -0.4 is 0 Å². The van der Waals surface area contributed by atoms with E-state index in [4.69, 9.17) is 11.6 Å². The van der Waals surface area contributed by atoms with Crippen LogP contribution in [0.15, 0.2) is 30.5 Å². The quantitative estimate of drug-likeness (QED) is 0.760. The fourth-order valence-corrected chi connectivity index (χ4v) is 2.43. The summed E-state index contributed by atoms with van der Waals surface area (Å²) in [5, 5.41) is 5.17. The molecule has 1 heterocycles. The maximum atomic E-state index is 11.2.